The maximum Gasteiger partial charge on any atom is 0.270 e. The molecule has 1 aliphatic carbocycles. The molecule has 9 heteroatoms. The molecule has 0 saturated heterocycles. The molecule has 2 aromatic carbocycles. The second-order valence-electron chi connectivity index (χ2n) is 8.82. The van der Waals surface area contributed by atoms with Gasteiger partial charge in [-0.05, 0) is 48.6 Å². The van der Waals surface area contributed by atoms with Crippen LogP contribution in [-0.2, 0) is 0 Å². The summed E-state index contributed by atoms with van der Waals surface area (Å²) in [4.78, 5) is 26.9. The van der Waals surface area contributed by atoms with Gasteiger partial charge in [-0.15, -0.1) is 0 Å². The van der Waals surface area contributed by atoms with Crippen LogP contribution < -0.4 is 10.9 Å². The van der Waals surface area contributed by atoms with Crippen LogP contribution in [0, 0.1) is 0 Å². The Balaban J connectivity index is 1.39. The first-order valence-corrected chi connectivity index (χ1v) is 12.4. The number of anilines is 2. The molecular weight excluding hydrogens is 483 g/mol. The lowest BCUT2D eigenvalue weighted by atomic mass is 9.84. The molecule has 0 atom stereocenters. The molecule has 3 heterocycles. The van der Waals surface area contributed by atoms with Crippen molar-refractivity contribution in [3.05, 3.63) is 87.0 Å². The third-order valence-corrected chi connectivity index (χ3v) is 7.27. The van der Waals surface area contributed by atoms with Crippen molar-refractivity contribution in [1.82, 2.24) is 23.9 Å². The first-order chi connectivity index (χ1) is 17.1. The zero-order valence-electron chi connectivity index (χ0n) is 18.8. The molecule has 1 saturated carbocycles. The number of para-hydroxylation sites is 1. The molecule has 1 N–H and O–H groups in total. The molecule has 35 heavy (non-hydrogen) atoms. The quantitative estimate of drug-likeness (QED) is 0.301. The van der Waals surface area contributed by atoms with Crippen LogP contribution >= 0.6 is 23.2 Å². The first kappa shape index (κ1) is 22.1. The van der Waals surface area contributed by atoms with E-state index in [0.29, 0.717) is 44.4 Å². The highest BCUT2D eigenvalue weighted by Crippen LogP contribution is 2.33. The topological polar surface area (TPSA) is 77.1 Å². The average Bonchev–Trinajstić information content (AvgIpc) is 3.37. The summed E-state index contributed by atoms with van der Waals surface area (Å²) in [6.45, 7) is 0. The van der Waals surface area contributed by atoms with Gasteiger partial charge >= 0.3 is 0 Å². The molecule has 0 radical (unpaired) electrons. The van der Waals surface area contributed by atoms with Crippen molar-refractivity contribution in [3.63, 3.8) is 0 Å². The summed E-state index contributed by atoms with van der Waals surface area (Å²) in [6.07, 6.45) is 11.4. The van der Waals surface area contributed by atoms with Gasteiger partial charge in [0.05, 0.1) is 15.7 Å². The molecule has 7 nitrogen and oxygen atoms in total. The molecular formula is C26H22Cl2N6O. The highest BCUT2D eigenvalue weighted by Gasteiger charge is 2.19. The van der Waals surface area contributed by atoms with E-state index >= 15 is 0 Å². The minimum atomic E-state index is -0.350. The van der Waals surface area contributed by atoms with Gasteiger partial charge in [-0.3, -0.25) is 9.20 Å². The van der Waals surface area contributed by atoms with E-state index in [1.165, 1.54) is 48.4 Å². The Morgan fingerprint density at radius 3 is 2.43 bits per heavy atom. The number of hydrogen-bond acceptors (Lipinski definition) is 5. The van der Waals surface area contributed by atoms with Gasteiger partial charge in [0.2, 0.25) is 11.7 Å². The van der Waals surface area contributed by atoms with Crippen LogP contribution in [0.25, 0.3) is 22.5 Å². The van der Waals surface area contributed by atoms with Crippen molar-refractivity contribution in [3.8, 4) is 5.69 Å². The van der Waals surface area contributed by atoms with E-state index in [1.807, 2.05) is 0 Å². The molecule has 0 unspecified atom stereocenters. The fourth-order valence-electron chi connectivity index (χ4n) is 4.91. The van der Waals surface area contributed by atoms with Crippen molar-refractivity contribution in [2.45, 2.75) is 38.0 Å². The van der Waals surface area contributed by atoms with Gasteiger partial charge in [-0.1, -0.05) is 60.7 Å². The number of hydrogen-bond donors (Lipinski definition) is 1. The number of rotatable bonds is 4. The van der Waals surface area contributed by atoms with Gasteiger partial charge in [0, 0.05) is 24.3 Å². The highest BCUT2D eigenvalue weighted by molar-refractivity contribution is 6.37. The Hall–Kier alpha value is -3.42. The number of benzene rings is 2. The van der Waals surface area contributed by atoms with Crippen LogP contribution in [0.5, 0.6) is 0 Å². The summed E-state index contributed by atoms with van der Waals surface area (Å²) in [6, 6.07) is 13.6. The minimum Gasteiger partial charge on any atom is -0.324 e. The van der Waals surface area contributed by atoms with Gasteiger partial charge in [0.1, 0.15) is 5.39 Å². The van der Waals surface area contributed by atoms with Crippen LogP contribution in [0.3, 0.4) is 0 Å². The summed E-state index contributed by atoms with van der Waals surface area (Å²) >= 11 is 12.8. The van der Waals surface area contributed by atoms with Crippen molar-refractivity contribution in [2.75, 3.05) is 5.32 Å². The second-order valence-corrected chi connectivity index (χ2v) is 9.64. The fourth-order valence-corrected chi connectivity index (χ4v) is 5.48. The summed E-state index contributed by atoms with van der Waals surface area (Å²) < 4.78 is 3.13. The van der Waals surface area contributed by atoms with Gasteiger partial charge in [-0.2, -0.15) is 4.98 Å². The molecule has 1 fully saturated rings. The van der Waals surface area contributed by atoms with E-state index in [1.54, 1.807) is 35.0 Å². The fraction of sp³-hybridized carbons (Fsp3) is 0.231. The highest BCUT2D eigenvalue weighted by atomic mass is 35.5. The van der Waals surface area contributed by atoms with Crippen molar-refractivity contribution in [1.29, 1.82) is 0 Å². The predicted octanol–water partition coefficient (Wildman–Crippen LogP) is 6.53. The third kappa shape index (κ3) is 3.94. The molecule has 6 rings (SSSR count). The lowest BCUT2D eigenvalue weighted by molar-refractivity contribution is 0.443. The molecule has 0 bridgehead atoms. The SMILES string of the molecule is O=c1c2cnc(Nc3ccc(C4CCCCC4)cc3)nc2n2ccnc2n1-c1c(Cl)cccc1Cl. The van der Waals surface area contributed by atoms with Crippen molar-refractivity contribution < 1.29 is 0 Å². The number of imidazole rings is 1. The zero-order valence-corrected chi connectivity index (χ0v) is 20.3. The Morgan fingerprint density at radius 1 is 0.943 bits per heavy atom. The van der Waals surface area contributed by atoms with E-state index in [9.17, 15) is 4.79 Å². The monoisotopic (exact) mass is 504 g/mol. The van der Waals surface area contributed by atoms with E-state index in [0.717, 1.165) is 5.69 Å². The Labute approximate surface area is 211 Å². The number of aromatic nitrogens is 5. The smallest absolute Gasteiger partial charge is 0.270 e. The second kappa shape index (κ2) is 8.98. The summed E-state index contributed by atoms with van der Waals surface area (Å²) in [5.74, 6) is 1.41. The lowest BCUT2D eigenvalue weighted by Gasteiger charge is -2.22. The van der Waals surface area contributed by atoms with Crippen LogP contribution in [0.4, 0.5) is 11.6 Å². The minimum absolute atomic E-state index is 0.324. The zero-order chi connectivity index (χ0) is 23.9. The Kier molecular flexibility index (Phi) is 5.66. The van der Waals surface area contributed by atoms with Gasteiger partial charge < -0.3 is 5.32 Å². The first-order valence-electron chi connectivity index (χ1n) is 11.7. The maximum atomic E-state index is 13.5. The predicted molar refractivity (Wildman–Crippen MR) is 139 cm³/mol. The van der Waals surface area contributed by atoms with Gasteiger partial charge in [0.25, 0.3) is 5.56 Å². The number of halogens is 2. The van der Waals surface area contributed by atoms with E-state index < -0.39 is 0 Å². The summed E-state index contributed by atoms with van der Waals surface area (Å²) in [5, 5.41) is 4.28. The molecule has 0 amide bonds. The van der Waals surface area contributed by atoms with E-state index in [2.05, 4.69) is 44.5 Å². The molecule has 0 spiro atoms. The molecule has 1 aliphatic rings. The largest absolute Gasteiger partial charge is 0.324 e. The molecule has 0 aliphatic heterocycles. The van der Waals surface area contributed by atoms with E-state index in [4.69, 9.17) is 23.2 Å². The Morgan fingerprint density at radius 2 is 1.69 bits per heavy atom. The number of nitrogens with one attached hydrogen (secondary N) is 1. The van der Waals surface area contributed by atoms with Crippen LogP contribution in [0.1, 0.15) is 43.6 Å². The number of nitrogens with zero attached hydrogens (tertiary/aromatic N) is 5. The molecule has 3 aromatic heterocycles. The lowest BCUT2D eigenvalue weighted by Crippen LogP contribution is -2.23. The molecule has 176 valence electrons. The van der Waals surface area contributed by atoms with Crippen molar-refractivity contribution in [2.24, 2.45) is 0 Å². The maximum absolute atomic E-state index is 13.5. The third-order valence-electron chi connectivity index (χ3n) is 6.66. The summed E-state index contributed by atoms with van der Waals surface area (Å²) in [7, 11) is 0. The van der Waals surface area contributed by atoms with Gasteiger partial charge in [0.15, 0.2) is 5.65 Å². The number of fused-ring (bicyclic) bond motifs is 3. The molecule has 5 aromatic rings. The Bertz CT molecular complexity index is 1580. The van der Waals surface area contributed by atoms with Crippen LogP contribution in [0.15, 0.2) is 65.8 Å². The normalized spacial score (nSPS) is 14.6. The standard InChI is InChI=1S/C26H22Cl2N6O/c27-20-7-4-8-21(28)22(20)34-24(35)19-15-30-25(32-23(19)33-14-13-29-26(33)34)31-18-11-9-17(10-12-18)16-5-2-1-3-6-16/h4,7-16H,1-3,5-6H2,(H,30,31,32). The van der Waals surface area contributed by atoms with Gasteiger partial charge in [-0.25, -0.2) is 14.5 Å². The van der Waals surface area contributed by atoms with Crippen LogP contribution in [-0.4, -0.2) is 23.9 Å². The average molecular weight is 505 g/mol. The van der Waals surface area contributed by atoms with Crippen LogP contribution in [0.2, 0.25) is 10.0 Å². The van der Waals surface area contributed by atoms with Crippen molar-refractivity contribution >= 4 is 51.6 Å². The summed E-state index contributed by atoms with van der Waals surface area (Å²) in [5.41, 5.74) is 2.74. The van der Waals surface area contributed by atoms with E-state index in [-0.39, 0.29) is 5.56 Å².